The molecule has 1 aliphatic rings. The van der Waals surface area contributed by atoms with Crippen LogP contribution in [0.4, 0.5) is 18.0 Å². The molecule has 2 aromatic carbocycles. The summed E-state index contributed by atoms with van der Waals surface area (Å²) >= 11 is 0. The minimum absolute atomic E-state index is 0.0115. The van der Waals surface area contributed by atoms with Crippen molar-refractivity contribution >= 4 is 17.8 Å². The van der Waals surface area contributed by atoms with E-state index in [0.717, 1.165) is 10.5 Å². The van der Waals surface area contributed by atoms with Gasteiger partial charge < -0.3 is 4.74 Å². The van der Waals surface area contributed by atoms with E-state index in [-0.39, 0.29) is 19.0 Å². The van der Waals surface area contributed by atoms with Gasteiger partial charge in [-0.1, -0.05) is 48.5 Å². The first kappa shape index (κ1) is 21.4. The van der Waals surface area contributed by atoms with Gasteiger partial charge in [0.05, 0.1) is 18.7 Å². The number of alkyl carbamates (subject to hydrolysis) is 1. The average molecular weight is 420 g/mol. The lowest BCUT2D eigenvalue weighted by Crippen LogP contribution is -2.96. The second-order valence-electron chi connectivity index (χ2n) is 6.63. The third-order valence-corrected chi connectivity index (χ3v) is 4.65. The van der Waals surface area contributed by atoms with Crippen molar-refractivity contribution in [1.82, 2.24) is 10.2 Å². The molecule has 0 spiro atoms. The summed E-state index contributed by atoms with van der Waals surface area (Å²) in [7, 11) is 0. The number of hydrogen-bond donors (Lipinski definition) is 2. The largest absolute Gasteiger partial charge is 0.465 e. The van der Waals surface area contributed by atoms with Crippen molar-refractivity contribution in [2.24, 2.45) is 0 Å². The first-order valence-electron chi connectivity index (χ1n) is 9.36. The highest BCUT2D eigenvalue weighted by atomic mass is 19.4. The third kappa shape index (κ3) is 4.14. The van der Waals surface area contributed by atoms with E-state index in [2.05, 4.69) is 9.73 Å². The number of benzene rings is 2. The molecular formula is C21H21F3N3O3+. The van der Waals surface area contributed by atoms with Gasteiger partial charge in [0.1, 0.15) is 0 Å². The number of rotatable bonds is 6. The van der Waals surface area contributed by atoms with E-state index in [4.69, 9.17) is 0 Å². The number of amidine groups is 1. The van der Waals surface area contributed by atoms with Gasteiger partial charge in [-0.25, -0.2) is 14.6 Å². The van der Waals surface area contributed by atoms with Gasteiger partial charge in [-0.2, -0.15) is 18.1 Å². The molecule has 0 fully saturated rings. The van der Waals surface area contributed by atoms with Crippen molar-refractivity contribution in [3.8, 4) is 0 Å². The molecule has 0 radical (unpaired) electrons. The number of alkyl halides is 3. The molecule has 0 saturated heterocycles. The van der Waals surface area contributed by atoms with E-state index < -0.39 is 23.8 Å². The monoisotopic (exact) mass is 420 g/mol. The zero-order valence-corrected chi connectivity index (χ0v) is 16.2. The third-order valence-electron chi connectivity index (χ3n) is 4.65. The standard InChI is InChI=1S/C21H20F3N3O3/c1-2-30-19(29)26-20(21(22,23)24)18(28)27(14-13-15-9-5-3-6-10-15)17(25-20)16-11-7-4-8-12-16/h3-12H,2,13-14H2,1H3,(H,26,29)/p+1/t20-/m1/s1. The fourth-order valence-corrected chi connectivity index (χ4v) is 3.19. The highest BCUT2D eigenvalue weighted by Gasteiger charge is 2.72. The SMILES string of the molecule is CCOC(=O)N[C@]1(C(F)(F)F)[NH+]=C(c2ccccc2)N(CCc2ccccc2)C1=O. The first-order valence-corrected chi connectivity index (χ1v) is 9.36. The molecule has 3 rings (SSSR count). The number of nitrogens with one attached hydrogen (secondary N) is 2. The van der Waals surface area contributed by atoms with Crippen LogP contribution in [0.2, 0.25) is 0 Å². The lowest BCUT2D eigenvalue weighted by molar-refractivity contribution is -0.581. The molecule has 158 valence electrons. The molecule has 30 heavy (non-hydrogen) atoms. The minimum atomic E-state index is -5.11. The van der Waals surface area contributed by atoms with Crippen molar-refractivity contribution in [2.75, 3.05) is 13.2 Å². The van der Waals surface area contributed by atoms with Crippen LogP contribution < -0.4 is 10.3 Å². The van der Waals surface area contributed by atoms with E-state index >= 15 is 0 Å². The number of hydrogen-bond acceptors (Lipinski definition) is 3. The topological polar surface area (TPSA) is 72.6 Å². The summed E-state index contributed by atoms with van der Waals surface area (Å²) in [4.78, 5) is 28.2. The maximum Gasteiger partial charge on any atom is 0.465 e. The Morgan fingerprint density at radius 1 is 1.10 bits per heavy atom. The van der Waals surface area contributed by atoms with Crippen LogP contribution in [0.25, 0.3) is 0 Å². The van der Waals surface area contributed by atoms with Gasteiger partial charge in [-0.15, -0.1) is 0 Å². The molecule has 9 heteroatoms. The summed E-state index contributed by atoms with van der Waals surface area (Å²) in [5.74, 6) is -1.36. The van der Waals surface area contributed by atoms with Gasteiger partial charge in [0.2, 0.25) is 0 Å². The molecule has 1 heterocycles. The number of ether oxygens (including phenoxy) is 1. The fraction of sp³-hybridized carbons (Fsp3) is 0.286. The summed E-state index contributed by atoms with van der Waals surface area (Å²) in [6, 6.07) is 17.3. The maximum atomic E-state index is 14.1. The van der Waals surface area contributed by atoms with Crippen molar-refractivity contribution in [3.63, 3.8) is 0 Å². The number of carbonyl (C=O) groups excluding carboxylic acids is 2. The predicted molar refractivity (Wildman–Crippen MR) is 102 cm³/mol. The number of amides is 2. The molecule has 0 unspecified atom stereocenters. The molecule has 0 aromatic heterocycles. The van der Waals surface area contributed by atoms with Crippen molar-refractivity contribution in [3.05, 3.63) is 71.8 Å². The molecule has 0 bridgehead atoms. The Labute approximate surface area is 171 Å². The van der Waals surface area contributed by atoms with Gasteiger partial charge >= 0.3 is 23.8 Å². The van der Waals surface area contributed by atoms with E-state index in [1.54, 1.807) is 35.6 Å². The zero-order valence-electron chi connectivity index (χ0n) is 16.2. The quantitative estimate of drug-likeness (QED) is 0.746. The summed E-state index contributed by atoms with van der Waals surface area (Å²) in [6.45, 7) is 1.31. The van der Waals surface area contributed by atoms with E-state index in [0.29, 0.717) is 12.0 Å². The molecule has 0 saturated carbocycles. The van der Waals surface area contributed by atoms with Crippen molar-refractivity contribution < 1.29 is 32.5 Å². The van der Waals surface area contributed by atoms with Crippen LogP contribution >= 0.6 is 0 Å². The van der Waals surface area contributed by atoms with Crippen LogP contribution in [0.3, 0.4) is 0 Å². The molecule has 2 N–H and O–H groups in total. The highest BCUT2D eigenvalue weighted by molar-refractivity contribution is 6.10. The lowest BCUT2D eigenvalue weighted by atomic mass is 10.1. The predicted octanol–water partition coefficient (Wildman–Crippen LogP) is 1.60. The lowest BCUT2D eigenvalue weighted by Gasteiger charge is -2.24. The van der Waals surface area contributed by atoms with Crippen LogP contribution in [0.5, 0.6) is 0 Å². The van der Waals surface area contributed by atoms with Gasteiger partial charge in [-0.3, -0.25) is 5.32 Å². The fourth-order valence-electron chi connectivity index (χ4n) is 3.19. The normalized spacial score (nSPS) is 18.9. The zero-order chi connectivity index (χ0) is 21.8. The van der Waals surface area contributed by atoms with Crippen LogP contribution in [-0.2, 0) is 16.0 Å². The van der Waals surface area contributed by atoms with Crippen LogP contribution in [0.15, 0.2) is 60.7 Å². The van der Waals surface area contributed by atoms with Gasteiger partial charge in [0.25, 0.3) is 5.84 Å². The molecular weight excluding hydrogens is 399 g/mol. The van der Waals surface area contributed by atoms with E-state index in [9.17, 15) is 22.8 Å². The molecule has 2 aromatic rings. The maximum absolute atomic E-state index is 14.1. The number of halogens is 3. The average Bonchev–Trinajstić information content (AvgIpc) is 3.01. The molecule has 6 nitrogen and oxygen atoms in total. The van der Waals surface area contributed by atoms with Gasteiger partial charge in [-0.05, 0) is 24.6 Å². The molecule has 0 aliphatic carbocycles. The molecule has 1 atom stereocenters. The van der Waals surface area contributed by atoms with Crippen molar-refractivity contribution in [1.29, 1.82) is 0 Å². The second-order valence-corrected chi connectivity index (χ2v) is 6.63. The van der Waals surface area contributed by atoms with Crippen molar-refractivity contribution in [2.45, 2.75) is 25.2 Å². The Morgan fingerprint density at radius 3 is 2.27 bits per heavy atom. The van der Waals surface area contributed by atoms with Crippen LogP contribution in [0.1, 0.15) is 18.1 Å². The van der Waals surface area contributed by atoms with E-state index in [1.165, 1.54) is 6.92 Å². The molecule has 1 aliphatic heterocycles. The Bertz CT molecular complexity index is 933. The van der Waals surface area contributed by atoms with Gasteiger partial charge in [0, 0.05) is 6.42 Å². The van der Waals surface area contributed by atoms with Crippen LogP contribution in [-0.4, -0.2) is 47.7 Å². The Kier molecular flexibility index (Phi) is 6.09. The Hall–Kier alpha value is -3.36. The summed E-state index contributed by atoms with van der Waals surface area (Å²) in [6.07, 6.45) is -6.12. The minimum Gasteiger partial charge on any atom is -0.450 e. The second kappa shape index (κ2) is 8.56. The number of carbonyl (C=O) groups is 2. The van der Waals surface area contributed by atoms with Crippen LogP contribution in [0, 0.1) is 0 Å². The highest BCUT2D eigenvalue weighted by Crippen LogP contribution is 2.30. The van der Waals surface area contributed by atoms with Gasteiger partial charge in [0.15, 0.2) is 0 Å². The Morgan fingerprint density at radius 2 is 1.70 bits per heavy atom. The Balaban J connectivity index is 2.02. The smallest absolute Gasteiger partial charge is 0.450 e. The first-order chi connectivity index (χ1) is 14.3. The number of nitrogens with zero attached hydrogens (tertiary/aromatic N) is 1. The van der Waals surface area contributed by atoms with E-state index in [1.807, 2.05) is 30.3 Å². The summed E-state index contributed by atoms with van der Waals surface area (Å²) in [5.41, 5.74) is -2.07. The summed E-state index contributed by atoms with van der Waals surface area (Å²) < 4.78 is 46.9. The molecule has 2 amide bonds. The summed E-state index contributed by atoms with van der Waals surface area (Å²) in [5, 5.41) is 1.70.